The van der Waals surface area contributed by atoms with Crippen LogP contribution in [0.3, 0.4) is 0 Å². The predicted octanol–water partition coefficient (Wildman–Crippen LogP) is 3.26. The van der Waals surface area contributed by atoms with Crippen molar-refractivity contribution < 1.29 is 4.74 Å². The second kappa shape index (κ2) is 7.00. The van der Waals surface area contributed by atoms with E-state index in [0.29, 0.717) is 0 Å². The Morgan fingerprint density at radius 2 is 1.68 bits per heavy atom. The molecule has 0 amide bonds. The molecule has 0 aromatic heterocycles. The first-order valence-electron chi connectivity index (χ1n) is 6.80. The molecule has 0 atom stereocenters. The summed E-state index contributed by atoms with van der Waals surface area (Å²) < 4.78 is 5.23. The summed E-state index contributed by atoms with van der Waals surface area (Å²) in [6, 6.07) is 12.6. The minimum Gasteiger partial charge on any atom is -0.497 e. The molecule has 2 aromatic carbocycles. The van der Waals surface area contributed by atoms with Gasteiger partial charge in [-0.15, -0.1) is 0 Å². The van der Waals surface area contributed by atoms with Gasteiger partial charge in [-0.2, -0.15) is 0 Å². The summed E-state index contributed by atoms with van der Waals surface area (Å²) in [5, 5.41) is 9.07. The van der Waals surface area contributed by atoms with Crippen molar-refractivity contribution >= 4 is 16.5 Å². The SMILES string of the molecule is CNCCCCNc1ccc2cc(OC)ccc2c1. The van der Waals surface area contributed by atoms with Crippen LogP contribution in [0.1, 0.15) is 12.8 Å². The molecule has 2 N–H and O–H groups in total. The number of hydrogen-bond donors (Lipinski definition) is 2. The number of rotatable bonds is 7. The fourth-order valence-electron chi connectivity index (χ4n) is 2.12. The van der Waals surface area contributed by atoms with Crippen LogP contribution in [0.15, 0.2) is 36.4 Å². The molecule has 0 aliphatic heterocycles. The second-order valence-corrected chi connectivity index (χ2v) is 4.67. The Morgan fingerprint density at radius 1 is 0.947 bits per heavy atom. The molecule has 0 saturated carbocycles. The van der Waals surface area contributed by atoms with Gasteiger partial charge in [-0.25, -0.2) is 0 Å². The van der Waals surface area contributed by atoms with Crippen molar-refractivity contribution in [1.82, 2.24) is 5.32 Å². The third kappa shape index (κ3) is 3.86. The zero-order valence-corrected chi connectivity index (χ0v) is 11.7. The van der Waals surface area contributed by atoms with Crippen molar-refractivity contribution in [1.29, 1.82) is 0 Å². The molecule has 0 fully saturated rings. The molecular weight excluding hydrogens is 236 g/mol. The van der Waals surface area contributed by atoms with E-state index in [4.69, 9.17) is 4.74 Å². The molecule has 2 rings (SSSR count). The molecule has 19 heavy (non-hydrogen) atoms. The summed E-state index contributed by atoms with van der Waals surface area (Å²) in [4.78, 5) is 0. The molecule has 0 bridgehead atoms. The smallest absolute Gasteiger partial charge is 0.119 e. The second-order valence-electron chi connectivity index (χ2n) is 4.67. The van der Waals surface area contributed by atoms with E-state index in [0.717, 1.165) is 18.8 Å². The van der Waals surface area contributed by atoms with Crippen LogP contribution in [0, 0.1) is 0 Å². The van der Waals surface area contributed by atoms with Gasteiger partial charge < -0.3 is 15.4 Å². The lowest BCUT2D eigenvalue weighted by molar-refractivity contribution is 0.415. The van der Waals surface area contributed by atoms with Crippen LogP contribution in [-0.4, -0.2) is 27.2 Å². The number of nitrogens with one attached hydrogen (secondary N) is 2. The van der Waals surface area contributed by atoms with Gasteiger partial charge in [0, 0.05) is 12.2 Å². The minimum atomic E-state index is 0.903. The summed E-state index contributed by atoms with van der Waals surface area (Å²) in [6.07, 6.45) is 2.38. The minimum absolute atomic E-state index is 0.903. The maximum Gasteiger partial charge on any atom is 0.119 e. The molecule has 0 aliphatic carbocycles. The lowest BCUT2D eigenvalue weighted by atomic mass is 10.1. The predicted molar refractivity (Wildman–Crippen MR) is 82.2 cm³/mol. The van der Waals surface area contributed by atoms with E-state index in [1.807, 2.05) is 13.1 Å². The van der Waals surface area contributed by atoms with Crippen molar-refractivity contribution in [3.05, 3.63) is 36.4 Å². The van der Waals surface area contributed by atoms with Crippen LogP contribution in [0.2, 0.25) is 0 Å². The summed E-state index contributed by atoms with van der Waals surface area (Å²) in [6.45, 7) is 2.10. The first-order chi connectivity index (χ1) is 9.33. The zero-order chi connectivity index (χ0) is 13.5. The number of unbranched alkanes of at least 4 members (excludes halogenated alkanes) is 1. The van der Waals surface area contributed by atoms with E-state index >= 15 is 0 Å². The zero-order valence-electron chi connectivity index (χ0n) is 11.7. The molecule has 0 spiro atoms. The van der Waals surface area contributed by atoms with Gasteiger partial charge in [0.05, 0.1) is 7.11 Å². The number of anilines is 1. The van der Waals surface area contributed by atoms with Crippen molar-refractivity contribution in [3.63, 3.8) is 0 Å². The highest BCUT2D eigenvalue weighted by Gasteiger charge is 1.98. The van der Waals surface area contributed by atoms with Gasteiger partial charge in [-0.1, -0.05) is 12.1 Å². The summed E-state index contributed by atoms with van der Waals surface area (Å²) >= 11 is 0. The number of ether oxygens (including phenoxy) is 1. The molecule has 3 nitrogen and oxygen atoms in total. The summed E-state index contributed by atoms with van der Waals surface area (Å²) in [5.41, 5.74) is 1.18. The quantitative estimate of drug-likeness (QED) is 0.748. The lowest BCUT2D eigenvalue weighted by Crippen LogP contribution is -2.10. The van der Waals surface area contributed by atoms with E-state index in [9.17, 15) is 0 Å². The van der Waals surface area contributed by atoms with E-state index in [-0.39, 0.29) is 0 Å². The average Bonchev–Trinajstić information content (AvgIpc) is 2.46. The monoisotopic (exact) mass is 258 g/mol. The van der Waals surface area contributed by atoms with Crippen LogP contribution in [0.5, 0.6) is 5.75 Å². The van der Waals surface area contributed by atoms with E-state index in [2.05, 4.69) is 41.0 Å². The van der Waals surface area contributed by atoms with Crippen molar-refractivity contribution in [2.75, 3.05) is 32.6 Å². The maximum atomic E-state index is 5.23. The van der Waals surface area contributed by atoms with E-state index in [1.165, 1.54) is 29.3 Å². The highest BCUT2D eigenvalue weighted by molar-refractivity contribution is 5.86. The molecule has 0 aliphatic rings. The Kier molecular flexibility index (Phi) is 5.04. The molecule has 0 saturated heterocycles. The van der Waals surface area contributed by atoms with Crippen LogP contribution >= 0.6 is 0 Å². The third-order valence-electron chi connectivity index (χ3n) is 3.23. The topological polar surface area (TPSA) is 33.3 Å². The molecule has 0 unspecified atom stereocenters. The van der Waals surface area contributed by atoms with Gasteiger partial charge in [0.25, 0.3) is 0 Å². The molecular formula is C16H22N2O. The Morgan fingerprint density at radius 3 is 2.47 bits per heavy atom. The van der Waals surface area contributed by atoms with E-state index < -0.39 is 0 Å². The molecule has 2 aromatic rings. The van der Waals surface area contributed by atoms with Crippen molar-refractivity contribution in [2.24, 2.45) is 0 Å². The van der Waals surface area contributed by atoms with Gasteiger partial charge in [0.15, 0.2) is 0 Å². The van der Waals surface area contributed by atoms with Gasteiger partial charge in [-0.3, -0.25) is 0 Å². The van der Waals surface area contributed by atoms with Crippen molar-refractivity contribution in [3.8, 4) is 5.75 Å². The molecule has 0 heterocycles. The van der Waals surface area contributed by atoms with Gasteiger partial charge in [0.1, 0.15) is 5.75 Å². The van der Waals surface area contributed by atoms with Gasteiger partial charge in [0.2, 0.25) is 0 Å². The Bertz CT molecular complexity index is 525. The molecule has 0 radical (unpaired) electrons. The highest BCUT2D eigenvalue weighted by Crippen LogP contribution is 2.23. The normalized spacial score (nSPS) is 10.6. The van der Waals surface area contributed by atoms with Gasteiger partial charge in [-0.05, 0) is 61.5 Å². The fourth-order valence-corrected chi connectivity index (χ4v) is 2.12. The van der Waals surface area contributed by atoms with Gasteiger partial charge >= 0.3 is 0 Å². The fraction of sp³-hybridized carbons (Fsp3) is 0.375. The number of hydrogen-bond acceptors (Lipinski definition) is 3. The molecule has 102 valence electrons. The Balaban J connectivity index is 1.97. The third-order valence-corrected chi connectivity index (χ3v) is 3.23. The highest BCUT2D eigenvalue weighted by atomic mass is 16.5. The maximum absolute atomic E-state index is 5.23. The van der Waals surface area contributed by atoms with Crippen LogP contribution < -0.4 is 15.4 Å². The van der Waals surface area contributed by atoms with Crippen LogP contribution in [0.25, 0.3) is 10.8 Å². The number of benzene rings is 2. The standard InChI is InChI=1S/C16H22N2O/c1-17-9-3-4-10-18-15-7-5-14-12-16(19-2)8-6-13(14)11-15/h5-8,11-12,17-18H,3-4,9-10H2,1-2H3. The Hall–Kier alpha value is -1.74. The van der Waals surface area contributed by atoms with E-state index in [1.54, 1.807) is 7.11 Å². The summed E-state index contributed by atoms with van der Waals surface area (Å²) in [5.74, 6) is 0.903. The average molecular weight is 258 g/mol. The number of methoxy groups -OCH3 is 1. The first-order valence-corrected chi connectivity index (χ1v) is 6.80. The Labute approximate surface area is 115 Å². The van der Waals surface area contributed by atoms with Crippen LogP contribution in [-0.2, 0) is 0 Å². The number of fused-ring (bicyclic) bond motifs is 1. The lowest BCUT2D eigenvalue weighted by Gasteiger charge is -2.08. The van der Waals surface area contributed by atoms with Crippen molar-refractivity contribution in [2.45, 2.75) is 12.8 Å². The summed E-state index contributed by atoms with van der Waals surface area (Å²) in [7, 11) is 3.69. The van der Waals surface area contributed by atoms with Crippen LogP contribution in [0.4, 0.5) is 5.69 Å². The largest absolute Gasteiger partial charge is 0.497 e. The molecule has 3 heteroatoms. The first kappa shape index (κ1) is 13.7.